The third kappa shape index (κ3) is 4.63. The molecule has 7 heteroatoms. The number of hydrogen-bond donors (Lipinski definition) is 1. The summed E-state index contributed by atoms with van der Waals surface area (Å²) in [5, 5.41) is 7.21. The monoisotopic (exact) mass is 392 g/mol. The number of rotatable bonds is 7. The Morgan fingerprint density at radius 3 is 2.83 bits per heavy atom. The minimum atomic E-state index is -0.105. The molecule has 0 saturated carbocycles. The third-order valence-corrected chi connectivity index (χ3v) is 4.89. The van der Waals surface area contributed by atoms with Crippen LogP contribution in [0.1, 0.15) is 29.5 Å². The Morgan fingerprint density at radius 2 is 2.00 bits per heavy atom. The van der Waals surface area contributed by atoms with Crippen molar-refractivity contribution in [2.75, 3.05) is 19.7 Å². The highest BCUT2D eigenvalue weighted by Gasteiger charge is 2.26. The summed E-state index contributed by atoms with van der Waals surface area (Å²) in [5.41, 5.74) is 1.48. The normalized spacial score (nSPS) is 16.7. The van der Waals surface area contributed by atoms with Gasteiger partial charge in [-0.05, 0) is 37.6 Å². The number of nitrogens with zero attached hydrogens (tertiary/aromatic N) is 3. The molecular formula is C22H24N4O3. The van der Waals surface area contributed by atoms with Gasteiger partial charge in [-0.3, -0.25) is 9.69 Å². The van der Waals surface area contributed by atoms with Crippen LogP contribution >= 0.6 is 0 Å². The Kier molecular flexibility index (Phi) is 5.86. The lowest BCUT2D eigenvalue weighted by Gasteiger charge is -2.16. The van der Waals surface area contributed by atoms with Crippen LogP contribution in [0.25, 0.3) is 11.5 Å². The van der Waals surface area contributed by atoms with E-state index in [0.717, 1.165) is 25.1 Å². The smallest absolute Gasteiger partial charge is 0.257 e. The van der Waals surface area contributed by atoms with E-state index < -0.39 is 0 Å². The van der Waals surface area contributed by atoms with Crippen molar-refractivity contribution in [3.8, 4) is 17.2 Å². The standard InChI is InChI=1S/C22H24N4O3/c1-2-28-19-11-7-6-10-18(19)21(27)23-17-12-13-26(14-17)15-20-24-22(29-25-20)16-8-4-3-5-9-16/h3-11,17H,2,12-15H2,1H3,(H,23,27). The van der Waals surface area contributed by atoms with E-state index in [-0.39, 0.29) is 11.9 Å². The Hall–Kier alpha value is -3.19. The van der Waals surface area contributed by atoms with Gasteiger partial charge < -0.3 is 14.6 Å². The van der Waals surface area contributed by atoms with Gasteiger partial charge in [0.25, 0.3) is 11.8 Å². The molecule has 1 N–H and O–H groups in total. The second-order valence-corrected chi connectivity index (χ2v) is 7.01. The summed E-state index contributed by atoms with van der Waals surface area (Å²) in [6.45, 7) is 4.64. The quantitative estimate of drug-likeness (QED) is 0.665. The molecule has 2 aromatic carbocycles. The summed E-state index contributed by atoms with van der Waals surface area (Å²) in [5.74, 6) is 1.68. The molecule has 0 bridgehead atoms. The Morgan fingerprint density at radius 1 is 1.21 bits per heavy atom. The van der Waals surface area contributed by atoms with Crippen LogP contribution in [-0.4, -0.2) is 46.7 Å². The molecule has 4 rings (SSSR count). The van der Waals surface area contributed by atoms with Crippen LogP contribution in [0.15, 0.2) is 59.1 Å². The highest BCUT2D eigenvalue weighted by molar-refractivity contribution is 5.97. The zero-order valence-corrected chi connectivity index (χ0v) is 16.4. The van der Waals surface area contributed by atoms with E-state index in [4.69, 9.17) is 9.26 Å². The molecule has 0 aliphatic carbocycles. The van der Waals surface area contributed by atoms with Gasteiger partial charge in [0.1, 0.15) is 5.75 Å². The molecule has 1 unspecified atom stereocenters. The van der Waals surface area contributed by atoms with Crippen LogP contribution < -0.4 is 10.1 Å². The lowest BCUT2D eigenvalue weighted by Crippen LogP contribution is -2.37. The maximum atomic E-state index is 12.7. The predicted molar refractivity (Wildman–Crippen MR) is 108 cm³/mol. The minimum absolute atomic E-state index is 0.0812. The van der Waals surface area contributed by atoms with Crippen LogP contribution in [0.2, 0.25) is 0 Å². The van der Waals surface area contributed by atoms with Crippen molar-refractivity contribution in [1.29, 1.82) is 0 Å². The average Bonchev–Trinajstić information content (AvgIpc) is 3.39. The molecule has 29 heavy (non-hydrogen) atoms. The van der Waals surface area contributed by atoms with Gasteiger partial charge in [0, 0.05) is 24.7 Å². The highest BCUT2D eigenvalue weighted by atomic mass is 16.5. The van der Waals surface area contributed by atoms with Gasteiger partial charge in [-0.1, -0.05) is 35.5 Å². The first-order valence-electron chi connectivity index (χ1n) is 9.86. The van der Waals surface area contributed by atoms with Crippen molar-refractivity contribution in [3.63, 3.8) is 0 Å². The molecular weight excluding hydrogens is 368 g/mol. The van der Waals surface area contributed by atoms with E-state index in [1.807, 2.05) is 55.5 Å². The number of carbonyl (C=O) groups excluding carboxylic acids is 1. The molecule has 1 saturated heterocycles. The Balaban J connectivity index is 1.33. The Labute approximate surface area is 169 Å². The van der Waals surface area contributed by atoms with Crippen molar-refractivity contribution in [3.05, 3.63) is 66.0 Å². The number of aromatic nitrogens is 2. The van der Waals surface area contributed by atoms with Crippen LogP contribution in [0.5, 0.6) is 5.75 Å². The molecule has 1 aliphatic heterocycles. The van der Waals surface area contributed by atoms with E-state index in [1.165, 1.54) is 0 Å². The number of benzene rings is 2. The summed E-state index contributed by atoms with van der Waals surface area (Å²) in [7, 11) is 0. The zero-order chi connectivity index (χ0) is 20.1. The number of carbonyl (C=O) groups is 1. The molecule has 1 atom stereocenters. The maximum Gasteiger partial charge on any atom is 0.257 e. The van der Waals surface area contributed by atoms with Crippen LogP contribution in [-0.2, 0) is 6.54 Å². The third-order valence-electron chi connectivity index (χ3n) is 4.89. The lowest BCUT2D eigenvalue weighted by molar-refractivity contribution is 0.0933. The first-order chi connectivity index (χ1) is 14.2. The summed E-state index contributed by atoms with van der Waals surface area (Å²) >= 11 is 0. The fourth-order valence-corrected chi connectivity index (χ4v) is 3.51. The van der Waals surface area contributed by atoms with E-state index >= 15 is 0 Å². The molecule has 2 heterocycles. The maximum absolute atomic E-state index is 12.7. The second kappa shape index (κ2) is 8.87. The summed E-state index contributed by atoms with van der Waals surface area (Å²) in [6, 6.07) is 17.1. The molecule has 7 nitrogen and oxygen atoms in total. The molecule has 0 spiro atoms. The molecule has 1 aliphatic rings. The SMILES string of the molecule is CCOc1ccccc1C(=O)NC1CCN(Cc2noc(-c3ccccc3)n2)C1. The molecule has 1 amide bonds. The molecule has 1 aromatic heterocycles. The highest BCUT2D eigenvalue weighted by Crippen LogP contribution is 2.20. The average molecular weight is 392 g/mol. The van der Waals surface area contributed by atoms with Crippen LogP contribution in [0.3, 0.4) is 0 Å². The van der Waals surface area contributed by atoms with Crippen LogP contribution in [0, 0.1) is 0 Å². The molecule has 1 fully saturated rings. The summed E-state index contributed by atoms with van der Waals surface area (Å²) in [4.78, 5) is 19.4. The minimum Gasteiger partial charge on any atom is -0.493 e. The van der Waals surface area contributed by atoms with Gasteiger partial charge in [-0.15, -0.1) is 0 Å². The molecule has 150 valence electrons. The topological polar surface area (TPSA) is 80.5 Å². The summed E-state index contributed by atoms with van der Waals surface area (Å²) < 4.78 is 10.9. The van der Waals surface area contributed by atoms with Gasteiger partial charge in [0.2, 0.25) is 0 Å². The van der Waals surface area contributed by atoms with Gasteiger partial charge in [0.15, 0.2) is 5.82 Å². The van der Waals surface area contributed by atoms with Crippen molar-refractivity contribution in [2.24, 2.45) is 0 Å². The molecule has 0 radical (unpaired) electrons. The van der Waals surface area contributed by atoms with Gasteiger partial charge in [0.05, 0.1) is 18.7 Å². The van der Waals surface area contributed by atoms with Crippen LogP contribution in [0.4, 0.5) is 0 Å². The van der Waals surface area contributed by atoms with Gasteiger partial charge in [-0.25, -0.2) is 0 Å². The fourth-order valence-electron chi connectivity index (χ4n) is 3.51. The number of nitrogens with one attached hydrogen (secondary N) is 1. The van der Waals surface area contributed by atoms with E-state index in [2.05, 4.69) is 20.4 Å². The van der Waals surface area contributed by atoms with Gasteiger partial charge in [-0.2, -0.15) is 4.98 Å². The van der Waals surface area contributed by atoms with E-state index in [1.54, 1.807) is 6.07 Å². The largest absolute Gasteiger partial charge is 0.493 e. The first kappa shape index (κ1) is 19.1. The summed E-state index contributed by atoms with van der Waals surface area (Å²) in [6.07, 6.45) is 0.881. The van der Waals surface area contributed by atoms with Crippen molar-refractivity contribution in [1.82, 2.24) is 20.4 Å². The fraction of sp³-hybridized carbons (Fsp3) is 0.318. The molecule has 3 aromatic rings. The zero-order valence-electron chi connectivity index (χ0n) is 16.4. The Bertz CT molecular complexity index is 957. The van der Waals surface area contributed by atoms with E-state index in [9.17, 15) is 4.79 Å². The van der Waals surface area contributed by atoms with Gasteiger partial charge >= 0.3 is 0 Å². The lowest BCUT2D eigenvalue weighted by atomic mass is 10.1. The van der Waals surface area contributed by atoms with Crippen molar-refractivity contribution in [2.45, 2.75) is 25.9 Å². The predicted octanol–water partition coefficient (Wildman–Crippen LogP) is 3.14. The second-order valence-electron chi connectivity index (χ2n) is 7.01. The van der Waals surface area contributed by atoms with E-state index in [0.29, 0.717) is 36.2 Å². The number of hydrogen-bond acceptors (Lipinski definition) is 6. The number of para-hydroxylation sites is 1. The number of likely N-dealkylation sites (tertiary alicyclic amines) is 1. The van der Waals surface area contributed by atoms with Crippen molar-refractivity contribution >= 4 is 5.91 Å². The van der Waals surface area contributed by atoms with Crippen molar-refractivity contribution < 1.29 is 14.1 Å². The number of amides is 1. The first-order valence-corrected chi connectivity index (χ1v) is 9.86. The number of ether oxygens (including phenoxy) is 1.